The summed E-state index contributed by atoms with van der Waals surface area (Å²) in [7, 11) is 0. The summed E-state index contributed by atoms with van der Waals surface area (Å²) in [5.74, 6) is 1.26. The van der Waals surface area contributed by atoms with Crippen molar-refractivity contribution in [2.45, 2.75) is 119 Å². The Balaban J connectivity index is 1.48. The number of hydrogen-bond acceptors (Lipinski definition) is 12. The van der Waals surface area contributed by atoms with E-state index in [1.807, 2.05) is 0 Å². The number of nitrogens with one attached hydrogen (secondary N) is 3. The van der Waals surface area contributed by atoms with Gasteiger partial charge in [0.05, 0.1) is 36.5 Å². The van der Waals surface area contributed by atoms with Crippen molar-refractivity contribution >= 4 is 52.8 Å². The number of anilines is 6. The maximum Gasteiger partial charge on any atom is 0.338 e. The van der Waals surface area contributed by atoms with Gasteiger partial charge >= 0.3 is 17.9 Å². The first-order valence-electron chi connectivity index (χ1n) is 22.4. The number of ether oxygens (including phenoxy) is 3. The van der Waals surface area contributed by atoms with E-state index in [9.17, 15) is 14.4 Å². The predicted octanol–water partition coefficient (Wildman–Crippen LogP) is 12.5. The Morgan fingerprint density at radius 1 is 0.459 bits per heavy atom. The van der Waals surface area contributed by atoms with Crippen LogP contribution in [0.15, 0.2) is 72.8 Å². The van der Waals surface area contributed by atoms with Gasteiger partial charge in [-0.2, -0.15) is 15.0 Å². The van der Waals surface area contributed by atoms with E-state index >= 15 is 0 Å². The van der Waals surface area contributed by atoms with Crippen molar-refractivity contribution in [3.63, 3.8) is 0 Å². The van der Waals surface area contributed by atoms with E-state index in [1.165, 1.54) is 0 Å². The van der Waals surface area contributed by atoms with E-state index in [0.717, 1.165) is 70.6 Å². The second-order valence-electron chi connectivity index (χ2n) is 16.3. The first-order chi connectivity index (χ1) is 29.5. The lowest BCUT2D eigenvalue weighted by atomic mass is 9.96. The molecule has 3 N–H and O–H groups in total. The van der Waals surface area contributed by atoms with Crippen LogP contribution in [-0.2, 0) is 14.2 Å². The van der Waals surface area contributed by atoms with Gasteiger partial charge in [0.1, 0.15) is 0 Å². The molecule has 4 aromatic rings. The summed E-state index contributed by atoms with van der Waals surface area (Å²) in [4.78, 5) is 52.4. The van der Waals surface area contributed by atoms with Crippen molar-refractivity contribution in [3.05, 3.63) is 89.5 Å². The minimum atomic E-state index is -0.361. The topological polar surface area (TPSA) is 154 Å². The normalized spacial score (nSPS) is 12.6. The summed E-state index contributed by atoms with van der Waals surface area (Å²) in [6, 6.07) is 20.9. The third-order valence-corrected chi connectivity index (χ3v) is 10.9. The zero-order valence-corrected chi connectivity index (χ0v) is 37.4. The third kappa shape index (κ3) is 16.8. The standard InChI is InChI=1S/C49H68N6O6/c1-8-13-15-35(10-3)31-59-44(56)38-19-25-41(26-20-38)50-47-53-48(51-42-27-21-39(22-28-42)45(57)60-32-36(11-4)16-14-9-2)55-49(54-47)52-43-29-23-40(24-30-43)46(58)61-33-37(12-5)18-17-34(6)7/h19-30,34-37H,8-18,31-33H2,1-7H3,(H3,50,51,52,53,54,55). The molecule has 0 radical (unpaired) electrons. The molecule has 1 aromatic heterocycles. The van der Waals surface area contributed by atoms with E-state index in [2.05, 4.69) is 79.4 Å². The molecule has 0 spiro atoms. The Kier molecular flexibility index (Phi) is 20.5. The lowest BCUT2D eigenvalue weighted by Crippen LogP contribution is -2.14. The molecule has 0 saturated carbocycles. The fraction of sp³-hybridized carbons (Fsp3) is 0.510. The molecule has 12 heteroatoms. The zero-order chi connectivity index (χ0) is 44.0. The molecule has 330 valence electrons. The zero-order valence-electron chi connectivity index (χ0n) is 37.4. The van der Waals surface area contributed by atoms with E-state index < -0.39 is 0 Å². The van der Waals surface area contributed by atoms with Crippen molar-refractivity contribution in [1.82, 2.24) is 15.0 Å². The lowest BCUT2D eigenvalue weighted by Gasteiger charge is -2.16. The van der Waals surface area contributed by atoms with Gasteiger partial charge in [-0.15, -0.1) is 0 Å². The molecule has 3 aromatic carbocycles. The van der Waals surface area contributed by atoms with Crippen LogP contribution in [0.5, 0.6) is 0 Å². The summed E-state index contributed by atoms with van der Waals surface area (Å²) in [6.07, 6.45) is 11.6. The summed E-state index contributed by atoms with van der Waals surface area (Å²) in [5.41, 5.74) is 3.30. The van der Waals surface area contributed by atoms with Gasteiger partial charge in [0.25, 0.3) is 0 Å². The van der Waals surface area contributed by atoms with Crippen LogP contribution in [0.1, 0.15) is 150 Å². The van der Waals surface area contributed by atoms with Crippen LogP contribution in [0.4, 0.5) is 34.9 Å². The fourth-order valence-corrected chi connectivity index (χ4v) is 6.60. The summed E-state index contributed by atoms with van der Waals surface area (Å²) in [6.45, 7) is 16.3. The highest BCUT2D eigenvalue weighted by molar-refractivity contribution is 5.91. The lowest BCUT2D eigenvalue weighted by molar-refractivity contribution is 0.0418. The maximum absolute atomic E-state index is 12.9. The average molecular weight is 837 g/mol. The predicted molar refractivity (Wildman–Crippen MR) is 244 cm³/mol. The number of rotatable bonds is 27. The molecule has 0 fully saturated rings. The van der Waals surface area contributed by atoms with Crippen molar-refractivity contribution in [2.75, 3.05) is 35.8 Å². The molecule has 0 amide bonds. The largest absolute Gasteiger partial charge is 0.462 e. The smallest absolute Gasteiger partial charge is 0.338 e. The number of esters is 3. The Morgan fingerprint density at radius 2 is 0.754 bits per heavy atom. The molecule has 12 nitrogen and oxygen atoms in total. The molecule has 3 atom stereocenters. The molecule has 1 heterocycles. The van der Waals surface area contributed by atoms with Crippen molar-refractivity contribution in [1.29, 1.82) is 0 Å². The average Bonchev–Trinajstić information content (AvgIpc) is 3.27. The summed E-state index contributed by atoms with van der Waals surface area (Å²) < 4.78 is 17.0. The summed E-state index contributed by atoms with van der Waals surface area (Å²) >= 11 is 0. The first-order valence-corrected chi connectivity index (χ1v) is 22.4. The second-order valence-corrected chi connectivity index (χ2v) is 16.3. The van der Waals surface area contributed by atoms with Crippen LogP contribution >= 0.6 is 0 Å². The minimum absolute atomic E-state index is 0.230. The number of benzene rings is 3. The Bertz CT molecular complexity index is 1820. The second kappa shape index (κ2) is 26.0. The molecule has 4 rings (SSSR count). The van der Waals surface area contributed by atoms with Crippen LogP contribution in [-0.4, -0.2) is 52.7 Å². The highest BCUT2D eigenvalue weighted by Crippen LogP contribution is 2.24. The van der Waals surface area contributed by atoms with Gasteiger partial charge in [-0.05, 0) is 116 Å². The van der Waals surface area contributed by atoms with E-state index in [4.69, 9.17) is 14.2 Å². The SMILES string of the molecule is CCCCC(CC)COC(=O)c1ccc(Nc2nc(Nc3ccc(C(=O)OCC(CC)CCCC)cc3)nc(Nc3ccc(C(=O)OCC(CC)CCC(C)C)cc3)n2)cc1. The number of carbonyl (C=O) groups is 3. The Morgan fingerprint density at radius 3 is 1.02 bits per heavy atom. The van der Waals surface area contributed by atoms with Crippen LogP contribution in [0, 0.1) is 23.7 Å². The first kappa shape index (κ1) is 48.1. The minimum Gasteiger partial charge on any atom is -0.462 e. The van der Waals surface area contributed by atoms with Gasteiger partial charge in [0.15, 0.2) is 0 Å². The summed E-state index contributed by atoms with van der Waals surface area (Å²) in [5, 5.41) is 9.66. The van der Waals surface area contributed by atoms with Gasteiger partial charge in [-0.1, -0.05) is 99.8 Å². The van der Waals surface area contributed by atoms with Gasteiger partial charge < -0.3 is 30.2 Å². The molecule has 0 bridgehead atoms. The molecule has 3 unspecified atom stereocenters. The highest BCUT2D eigenvalue weighted by atomic mass is 16.5. The highest BCUT2D eigenvalue weighted by Gasteiger charge is 2.17. The van der Waals surface area contributed by atoms with Gasteiger partial charge in [-0.3, -0.25) is 0 Å². The molecule has 0 aliphatic rings. The van der Waals surface area contributed by atoms with Gasteiger partial charge in [0.2, 0.25) is 17.8 Å². The molecule has 0 aliphatic heterocycles. The van der Waals surface area contributed by atoms with Crippen LogP contribution in [0.3, 0.4) is 0 Å². The van der Waals surface area contributed by atoms with E-state index in [0.29, 0.717) is 77.2 Å². The monoisotopic (exact) mass is 837 g/mol. The molecule has 0 aliphatic carbocycles. The molecule has 61 heavy (non-hydrogen) atoms. The van der Waals surface area contributed by atoms with Crippen molar-refractivity contribution in [2.24, 2.45) is 23.7 Å². The molecule has 0 saturated heterocycles. The van der Waals surface area contributed by atoms with Crippen molar-refractivity contribution < 1.29 is 28.6 Å². The number of nitrogens with zero attached hydrogens (tertiary/aromatic N) is 3. The number of carbonyl (C=O) groups excluding carboxylic acids is 3. The van der Waals surface area contributed by atoms with Crippen molar-refractivity contribution in [3.8, 4) is 0 Å². The Hall–Kier alpha value is -5.52. The Labute approximate surface area is 363 Å². The maximum atomic E-state index is 12.9. The number of unbranched alkanes of at least 4 members (excludes halogenated alkanes) is 2. The number of aromatic nitrogens is 3. The van der Waals surface area contributed by atoms with E-state index in [-0.39, 0.29) is 35.8 Å². The number of hydrogen-bond donors (Lipinski definition) is 3. The quantitative estimate of drug-likeness (QED) is 0.0387. The molecular weight excluding hydrogens is 769 g/mol. The third-order valence-electron chi connectivity index (χ3n) is 10.9. The van der Waals surface area contributed by atoms with Crippen LogP contribution < -0.4 is 16.0 Å². The molecular formula is C49H68N6O6. The van der Waals surface area contributed by atoms with Gasteiger partial charge in [-0.25, -0.2) is 14.4 Å². The van der Waals surface area contributed by atoms with E-state index in [1.54, 1.807) is 72.8 Å². The van der Waals surface area contributed by atoms with Crippen LogP contribution in [0.2, 0.25) is 0 Å². The van der Waals surface area contributed by atoms with Gasteiger partial charge in [0, 0.05) is 17.1 Å². The van der Waals surface area contributed by atoms with Crippen LogP contribution in [0.25, 0.3) is 0 Å². The fourth-order valence-electron chi connectivity index (χ4n) is 6.60.